The van der Waals surface area contributed by atoms with Crippen molar-refractivity contribution in [2.75, 3.05) is 6.54 Å². The van der Waals surface area contributed by atoms with Crippen molar-refractivity contribution in [3.63, 3.8) is 0 Å². The topological polar surface area (TPSA) is 76.0 Å². The fraction of sp³-hybridized carbons (Fsp3) is 0.567. The molecule has 0 radical (unpaired) electrons. The van der Waals surface area contributed by atoms with Crippen molar-refractivity contribution in [1.82, 2.24) is 19.0 Å². The number of nitrogens with one attached hydrogen (secondary N) is 2. The minimum atomic E-state index is -3.46. The molecular formula is C30H40N4O2S. The van der Waals surface area contributed by atoms with Crippen LogP contribution in [0.3, 0.4) is 0 Å². The molecule has 1 aromatic heterocycles. The molecule has 0 saturated heterocycles. The predicted molar refractivity (Wildman–Crippen MR) is 149 cm³/mol. The Morgan fingerprint density at radius 3 is 2.38 bits per heavy atom. The molecule has 2 N–H and O–H groups in total. The highest BCUT2D eigenvalue weighted by atomic mass is 32.2. The zero-order valence-electron chi connectivity index (χ0n) is 21.9. The van der Waals surface area contributed by atoms with Crippen molar-refractivity contribution in [2.24, 2.45) is 17.8 Å². The van der Waals surface area contributed by atoms with Crippen molar-refractivity contribution in [3.8, 4) is 0 Å². The van der Waals surface area contributed by atoms with Crippen molar-refractivity contribution in [2.45, 2.75) is 82.7 Å². The van der Waals surface area contributed by atoms with Gasteiger partial charge in [0.25, 0.3) is 10.2 Å². The second-order valence-corrected chi connectivity index (χ2v) is 13.2. The molecule has 0 aliphatic heterocycles. The van der Waals surface area contributed by atoms with E-state index in [0.717, 1.165) is 54.8 Å². The SMILES string of the molecule is Cc1nc2ccccc2n1C1CC2CC[C@@H](C1)C2CCC(CNS(=O)(=O)NC1CCC1)c1ccccc1. The molecule has 198 valence electrons. The molecule has 5 atom stereocenters. The van der Waals surface area contributed by atoms with Gasteiger partial charge in [0.05, 0.1) is 11.0 Å². The lowest BCUT2D eigenvalue weighted by Gasteiger charge is -2.37. The van der Waals surface area contributed by atoms with E-state index in [2.05, 4.69) is 69.5 Å². The summed E-state index contributed by atoms with van der Waals surface area (Å²) in [4.78, 5) is 4.84. The number of nitrogens with zero attached hydrogens (tertiary/aromatic N) is 2. The summed E-state index contributed by atoms with van der Waals surface area (Å²) in [5.74, 6) is 3.56. The van der Waals surface area contributed by atoms with E-state index in [1.807, 2.05) is 6.07 Å². The summed E-state index contributed by atoms with van der Waals surface area (Å²) in [6.07, 6.45) is 10.3. The molecule has 0 amide bonds. The molecule has 3 aliphatic carbocycles. The van der Waals surface area contributed by atoms with Gasteiger partial charge in [-0.1, -0.05) is 48.9 Å². The average molecular weight is 521 g/mol. The van der Waals surface area contributed by atoms with Gasteiger partial charge in [-0.25, -0.2) is 9.71 Å². The minimum absolute atomic E-state index is 0.106. The lowest BCUT2D eigenvalue weighted by molar-refractivity contribution is 0.158. The average Bonchev–Trinajstić information content (AvgIpc) is 3.32. The third-order valence-corrected chi connectivity index (χ3v) is 10.7. The van der Waals surface area contributed by atoms with Gasteiger partial charge in [-0.05, 0) is 99.7 Å². The van der Waals surface area contributed by atoms with E-state index < -0.39 is 10.2 Å². The van der Waals surface area contributed by atoms with Gasteiger partial charge in [0.1, 0.15) is 5.82 Å². The van der Waals surface area contributed by atoms with Crippen molar-refractivity contribution >= 4 is 21.2 Å². The van der Waals surface area contributed by atoms with Gasteiger partial charge >= 0.3 is 0 Å². The van der Waals surface area contributed by atoms with Crippen LogP contribution in [0.5, 0.6) is 0 Å². The van der Waals surface area contributed by atoms with Crippen LogP contribution in [0.2, 0.25) is 0 Å². The molecule has 0 spiro atoms. The van der Waals surface area contributed by atoms with E-state index in [4.69, 9.17) is 4.98 Å². The number of benzene rings is 2. The number of imidazole rings is 1. The molecule has 7 heteroatoms. The van der Waals surface area contributed by atoms with Crippen LogP contribution in [0.15, 0.2) is 54.6 Å². The summed E-state index contributed by atoms with van der Waals surface area (Å²) in [5.41, 5.74) is 3.61. The Balaban J connectivity index is 1.12. The smallest absolute Gasteiger partial charge is 0.277 e. The molecule has 2 aromatic carbocycles. The van der Waals surface area contributed by atoms with Gasteiger partial charge in [0.15, 0.2) is 0 Å². The Morgan fingerprint density at radius 2 is 1.68 bits per heavy atom. The number of hydrogen-bond donors (Lipinski definition) is 2. The highest BCUT2D eigenvalue weighted by Gasteiger charge is 2.43. The van der Waals surface area contributed by atoms with Gasteiger partial charge in [0.2, 0.25) is 0 Å². The number of fused-ring (bicyclic) bond motifs is 3. The van der Waals surface area contributed by atoms with E-state index in [1.165, 1.54) is 43.2 Å². The Kier molecular flexibility index (Phi) is 7.12. The summed E-state index contributed by atoms with van der Waals surface area (Å²) < 4.78 is 33.5. The van der Waals surface area contributed by atoms with Crippen molar-refractivity contribution in [3.05, 3.63) is 66.0 Å². The first kappa shape index (κ1) is 25.1. The van der Waals surface area contributed by atoms with Crippen LogP contribution in [-0.4, -0.2) is 30.6 Å². The maximum Gasteiger partial charge on any atom is 0.277 e. The second kappa shape index (κ2) is 10.5. The fourth-order valence-electron chi connectivity index (χ4n) is 7.43. The monoisotopic (exact) mass is 520 g/mol. The Hall–Kier alpha value is -2.22. The zero-order valence-corrected chi connectivity index (χ0v) is 22.7. The standard InChI is InChI=1S/C30H40N4O2S/c1-21-32-29-12-5-6-13-30(29)34(21)27-18-23-14-15-24(19-27)28(23)17-16-25(22-8-3-2-4-9-22)20-31-37(35,36)33-26-10-7-11-26/h2-6,8-9,12-13,23-28,31,33H,7,10-11,14-20H2,1H3/t23-,24?,25?,27?,28?/m0/s1. The van der Waals surface area contributed by atoms with E-state index in [-0.39, 0.29) is 12.0 Å². The Labute approximate surface area is 221 Å². The van der Waals surface area contributed by atoms with Crippen LogP contribution in [0.1, 0.15) is 81.1 Å². The Morgan fingerprint density at radius 1 is 0.973 bits per heavy atom. The van der Waals surface area contributed by atoms with E-state index in [1.54, 1.807) is 0 Å². The molecule has 6 nitrogen and oxygen atoms in total. The highest BCUT2D eigenvalue weighted by molar-refractivity contribution is 7.87. The third-order valence-electron chi connectivity index (χ3n) is 9.47. The molecule has 3 aromatic rings. The van der Waals surface area contributed by atoms with Gasteiger partial charge in [0, 0.05) is 18.6 Å². The quantitative estimate of drug-likeness (QED) is 0.351. The van der Waals surface area contributed by atoms with Gasteiger partial charge in [-0.2, -0.15) is 13.1 Å². The van der Waals surface area contributed by atoms with Crippen LogP contribution >= 0.6 is 0 Å². The van der Waals surface area contributed by atoms with Crippen LogP contribution in [0.25, 0.3) is 11.0 Å². The van der Waals surface area contributed by atoms with E-state index in [0.29, 0.717) is 12.6 Å². The molecule has 2 bridgehead atoms. The molecule has 37 heavy (non-hydrogen) atoms. The minimum Gasteiger partial charge on any atom is -0.325 e. The maximum atomic E-state index is 12.6. The van der Waals surface area contributed by atoms with E-state index >= 15 is 0 Å². The molecular weight excluding hydrogens is 480 g/mol. The molecule has 4 unspecified atom stereocenters. The van der Waals surface area contributed by atoms with Crippen molar-refractivity contribution < 1.29 is 8.42 Å². The second-order valence-electron chi connectivity index (χ2n) is 11.7. The predicted octanol–water partition coefficient (Wildman–Crippen LogP) is 5.86. The molecule has 1 heterocycles. The van der Waals surface area contributed by atoms with Crippen LogP contribution < -0.4 is 9.44 Å². The number of hydrogen-bond acceptors (Lipinski definition) is 3. The molecule has 3 aliphatic rings. The summed E-state index contributed by atoms with van der Waals surface area (Å²) in [7, 11) is -3.46. The fourth-order valence-corrected chi connectivity index (χ4v) is 8.61. The lowest BCUT2D eigenvalue weighted by atomic mass is 9.73. The first-order chi connectivity index (χ1) is 18.0. The molecule has 3 fully saturated rings. The lowest BCUT2D eigenvalue weighted by Crippen LogP contribution is -2.46. The first-order valence-electron chi connectivity index (χ1n) is 14.2. The normalized spacial score (nSPS) is 26.8. The zero-order chi connectivity index (χ0) is 25.4. The largest absolute Gasteiger partial charge is 0.325 e. The van der Waals surface area contributed by atoms with Crippen LogP contribution in [-0.2, 0) is 10.2 Å². The van der Waals surface area contributed by atoms with Gasteiger partial charge in [-0.3, -0.25) is 0 Å². The van der Waals surface area contributed by atoms with Crippen LogP contribution in [0.4, 0.5) is 0 Å². The molecule has 3 saturated carbocycles. The number of aromatic nitrogens is 2. The Bertz CT molecular complexity index is 1300. The summed E-state index contributed by atoms with van der Waals surface area (Å²) in [6, 6.07) is 19.6. The summed E-state index contributed by atoms with van der Waals surface area (Å²) >= 11 is 0. The summed E-state index contributed by atoms with van der Waals surface area (Å²) in [6.45, 7) is 2.61. The summed E-state index contributed by atoms with van der Waals surface area (Å²) in [5, 5.41) is 0. The van der Waals surface area contributed by atoms with E-state index in [9.17, 15) is 8.42 Å². The van der Waals surface area contributed by atoms with Crippen LogP contribution in [0, 0.1) is 24.7 Å². The number of para-hydroxylation sites is 2. The molecule has 6 rings (SSSR count). The van der Waals surface area contributed by atoms with Crippen molar-refractivity contribution in [1.29, 1.82) is 0 Å². The van der Waals surface area contributed by atoms with Gasteiger partial charge < -0.3 is 4.57 Å². The first-order valence-corrected chi connectivity index (χ1v) is 15.7. The highest BCUT2D eigenvalue weighted by Crippen LogP contribution is 2.53. The van der Waals surface area contributed by atoms with Gasteiger partial charge in [-0.15, -0.1) is 0 Å². The number of rotatable bonds is 10. The number of aryl methyl sites for hydroxylation is 1. The third kappa shape index (κ3) is 5.36. The maximum absolute atomic E-state index is 12.6.